The van der Waals surface area contributed by atoms with Gasteiger partial charge in [-0.05, 0) is 42.0 Å². The smallest absolute Gasteiger partial charge is 0.229 e. The van der Waals surface area contributed by atoms with Crippen LogP contribution < -0.4 is 5.32 Å². The van der Waals surface area contributed by atoms with E-state index in [2.05, 4.69) is 10.3 Å². The molecule has 0 fully saturated rings. The summed E-state index contributed by atoms with van der Waals surface area (Å²) in [6.45, 7) is 0. The zero-order chi connectivity index (χ0) is 18.1. The number of carbonyl (C=O) groups excluding carboxylic acids is 1. The van der Waals surface area contributed by atoms with Crippen molar-refractivity contribution < 1.29 is 9.18 Å². The maximum absolute atomic E-state index is 13.2. The van der Waals surface area contributed by atoms with E-state index in [1.165, 1.54) is 23.5 Å². The molecular weight excluding hydrogens is 373 g/mol. The van der Waals surface area contributed by atoms with Gasteiger partial charge in [0.1, 0.15) is 17.3 Å². The SMILES string of the molecule is O=C(Cc1ccc(Cl)cc1)Nc1c(-c2ccc(F)cc2)nc2sccn12. The van der Waals surface area contributed by atoms with Gasteiger partial charge in [-0.2, -0.15) is 0 Å². The Balaban J connectivity index is 1.65. The van der Waals surface area contributed by atoms with Crippen LogP contribution in [-0.4, -0.2) is 15.3 Å². The minimum Gasteiger partial charge on any atom is -0.310 e. The van der Waals surface area contributed by atoms with Gasteiger partial charge in [-0.1, -0.05) is 23.7 Å². The van der Waals surface area contributed by atoms with Crippen LogP contribution in [0, 0.1) is 5.82 Å². The highest BCUT2D eigenvalue weighted by Crippen LogP contribution is 2.31. The molecule has 26 heavy (non-hydrogen) atoms. The number of nitrogens with zero attached hydrogens (tertiary/aromatic N) is 2. The number of aromatic nitrogens is 2. The van der Waals surface area contributed by atoms with Crippen molar-refractivity contribution in [2.24, 2.45) is 0 Å². The number of rotatable bonds is 4. The van der Waals surface area contributed by atoms with Crippen molar-refractivity contribution in [2.75, 3.05) is 5.32 Å². The molecule has 0 radical (unpaired) electrons. The summed E-state index contributed by atoms with van der Waals surface area (Å²) in [5.41, 5.74) is 2.21. The highest BCUT2D eigenvalue weighted by atomic mass is 35.5. The van der Waals surface area contributed by atoms with Crippen molar-refractivity contribution in [3.63, 3.8) is 0 Å². The molecular formula is C19H13ClFN3OS. The third-order valence-corrected chi connectivity index (χ3v) is 4.92. The van der Waals surface area contributed by atoms with Gasteiger partial charge < -0.3 is 5.32 Å². The molecule has 130 valence electrons. The topological polar surface area (TPSA) is 46.4 Å². The lowest BCUT2D eigenvalue weighted by atomic mass is 10.1. The van der Waals surface area contributed by atoms with Gasteiger partial charge in [0.2, 0.25) is 5.91 Å². The number of carbonyl (C=O) groups is 1. The first kappa shape index (κ1) is 16.8. The van der Waals surface area contributed by atoms with E-state index in [4.69, 9.17) is 11.6 Å². The number of halogens is 2. The van der Waals surface area contributed by atoms with Crippen LogP contribution in [0.3, 0.4) is 0 Å². The highest BCUT2D eigenvalue weighted by molar-refractivity contribution is 7.15. The van der Waals surface area contributed by atoms with Gasteiger partial charge in [-0.3, -0.25) is 9.20 Å². The van der Waals surface area contributed by atoms with E-state index in [1.54, 1.807) is 24.3 Å². The second kappa shape index (κ2) is 6.90. The van der Waals surface area contributed by atoms with E-state index in [0.717, 1.165) is 16.1 Å². The number of imidazole rings is 1. The Kier molecular flexibility index (Phi) is 4.44. The third kappa shape index (κ3) is 3.34. The van der Waals surface area contributed by atoms with E-state index in [9.17, 15) is 9.18 Å². The van der Waals surface area contributed by atoms with Crippen LogP contribution in [-0.2, 0) is 11.2 Å². The minimum atomic E-state index is -0.317. The Morgan fingerprint density at radius 3 is 2.62 bits per heavy atom. The van der Waals surface area contributed by atoms with E-state index < -0.39 is 0 Å². The van der Waals surface area contributed by atoms with E-state index in [0.29, 0.717) is 16.5 Å². The molecule has 0 spiro atoms. The van der Waals surface area contributed by atoms with Crippen LogP contribution >= 0.6 is 22.9 Å². The summed E-state index contributed by atoms with van der Waals surface area (Å²) in [6, 6.07) is 13.2. The summed E-state index contributed by atoms with van der Waals surface area (Å²) in [5, 5.41) is 5.46. The number of anilines is 1. The number of amides is 1. The fourth-order valence-corrected chi connectivity index (χ4v) is 3.52. The van der Waals surface area contributed by atoms with Crippen molar-refractivity contribution in [3.8, 4) is 11.3 Å². The predicted molar refractivity (Wildman–Crippen MR) is 102 cm³/mol. The second-order valence-corrected chi connectivity index (χ2v) is 7.03. The van der Waals surface area contributed by atoms with Crippen LogP contribution in [0.5, 0.6) is 0 Å². The monoisotopic (exact) mass is 385 g/mol. The molecule has 0 aliphatic heterocycles. The number of nitrogens with one attached hydrogen (secondary N) is 1. The molecule has 0 bridgehead atoms. The highest BCUT2D eigenvalue weighted by Gasteiger charge is 2.17. The van der Waals surface area contributed by atoms with Crippen LogP contribution in [0.25, 0.3) is 16.2 Å². The first-order valence-corrected chi connectivity index (χ1v) is 9.12. The maximum atomic E-state index is 13.2. The number of benzene rings is 2. The molecule has 7 heteroatoms. The Hall–Kier alpha value is -2.70. The van der Waals surface area contributed by atoms with Crippen LogP contribution in [0.15, 0.2) is 60.1 Å². The molecule has 0 aliphatic rings. The van der Waals surface area contributed by atoms with Gasteiger partial charge in [0, 0.05) is 22.2 Å². The first-order chi connectivity index (χ1) is 12.6. The Labute approximate surface area is 157 Å². The summed E-state index contributed by atoms with van der Waals surface area (Å²) in [5.74, 6) is 0.0959. The predicted octanol–water partition coefficient (Wildman–Crippen LogP) is 5.04. The fraction of sp³-hybridized carbons (Fsp3) is 0.0526. The van der Waals surface area contributed by atoms with Crippen LogP contribution in [0.1, 0.15) is 5.56 Å². The molecule has 0 unspecified atom stereocenters. The molecule has 4 rings (SSSR count). The lowest BCUT2D eigenvalue weighted by molar-refractivity contribution is -0.115. The summed E-state index contributed by atoms with van der Waals surface area (Å²) in [7, 11) is 0. The van der Waals surface area contributed by atoms with Crippen LogP contribution in [0.2, 0.25) is 5.02 Å². The van der Waals surface area contributed by atoms with Gasteiger partial charge in [0.15, 0.2) is 4.96 Å². The number of hydrogen-bond donors (Lipinski definition) is 1. The molecule has 2 heterocycles. The van der Waals surface area contributed by atoms with Gasteiger partial charge in [0.05, 0.1) is 6.42 Å². The molecule has 0 aliphatic carbocycles. The van der Waals surface area contributed by atoms with E-state index in [1.807, 2.05) is 28.1 Å². The van der Waals surface area contributed by atoms with Gasteiger partial charge in [-0.25, -0.2) is 9.37 Å². The van der Waals surface area contributed by atoms with E-state index in [-0.39, 0.29) is 18.1 Å². The van der Waals surface area contributed by atoms with Crippen molar-refractivity contribution in [1.29, 1.82) is 0 Å². The molecule has 0 atom stereocenters. The Morgan fingerprint density at radius 1 is 1.15 bits per heavy atom. The second-order valence-electron chi connectivity index (χ2n) is 5.72. The van der Waals surface area contributed by atoms with Crippen molar-refractivity contribution in [3.05, 3.63) is 76.5 Å². The maximum Gasteiger partial charge on any atom is 0.229 e. The minimum absolute atomic E-state index is 0.163. The zero-order valence-corrected chi connectivity index (χ0v) is 15.0. The number of thiazole rings is 1. The molecule has 1 amide bonds. The first-order valence-electron chi connectivity index (χ1n) is 7.86. The van der Waals surface area contributed by atoms with Gasteiger partial charge >= 0.3 is 0 Å². The molecule has 4 aromatic rings. The van der Waals surface area contributed by atoms with Gasteiger partial charge in [-0.15, -0.1) is 11.3 Å². The number of fused-ring (bicyclic) bond motifs is 1. The lowest BCUT2D eigenvalue weighted by Crippen LogP contribution is -2.16. The molecule has 1 N–H and O–H groups in total. The molecule has 2 aromatic carbocycles. The standard InChI is InChI=1S/C19H13ClFN3OS/c20-14-5-1-12(2-6-14)11-16(25)22-18-17(13-3-7-15(21)8-4-13)23-19-24(18)9-10-26-19/h1-10H,11H2,(H,22,25). The molecule has 4 nitrogen and oxygen atoms in total. The Bertz CT molecular complexity index is 1070. The normalized spacial score (nSPS) is 11.0. The molecule has 0 saturated heterocycles. The third-order valence-electron chi connectivity index (χ3n) is 3.92. The lowest BCUT2D eigenvalue weighted by Gasteiger charge is -2.07. The summed E-state index contributed by atoms with van der Waals surface area (Å²) < 4.78 is 15.0. The average Bonchev–Trinajstić information content (AvgIpc) is 3.21. The van der Waals surface area contributed by atoms with Crippen molar-refractivity contribution >= 4 is 39.6 Å². The zero-order valence-electron chi connectivity index (χ0n) is 13.4. The summed E-state index contributed by atoms with van der Waals surface area (Å²) >= 11 is 7.34. The van der Waals surface area contributed by atoms with Crippen LogP contribution in [0.4, 0.5) is 10.2 Å². The number of hydrogen-bond acceptors (Lipinski definition) is 3. The Morgan fingerprint density at radius 2 is 1.88 bits per heavy atom. The van der Waals surface area contributed by atoms with Crippen molar-refractivity contribution in [1.82, 2.24) is 9.38 Å². The summed E-state index contributed by atoms with van der Waals surface area (Å²) in [6.07, 6.45) is 2.06. The van der Waals surface area contributed by atoms with Crippen molar-refractivity contribution in [2.45, 2.75) is 6.42 Å². The quantitative estimate of drug-likeness (QED) is 0.535. The van der Waals surface area contributed by atoms with Gasteiger partial charge in [0.25, 0.3) is 0 Å². The molecule has 0 saturated carbocycles. The summed E-state index contributed by atoms with van der Waals surface area (Å²) in [4.78, 5) is 17.9. The van der Waals surface area contributed by atoms with E-state index >= 15 is 0 Å². The largest absolute Gasteiger partial charge is 0.310 e. The molecule has 2 aromatic heterocycles. The average molecular weight is 386 g/mol. The fourth-order valence-electron chi connectivity index (χ4n) is 2.68.